The van der Waals surface area contributed by atoms with Crippen LogP contribution in [0.5, 0.6) is 0 Å². The predicted octanol–water partition coefficient (Wildman–Crippen LogP) is 7.62. The zero-order chi connectivity index (χ0) is 25.9. The summed E-state index contributed by atoms with van der Waals surface area (Å²) in [6.07, 6.45) is -3.29. The molecule has 4 rings (SSSR count). The van der Waals surface area contributed by atoms with Crippen LogP contribution in [0, 0.1) is 18.6 Å². The van der Waals surface area contributed by atoms with E-state index in [0.29, 0.717) is 22.3 Å². The van der Waals surface area contributed by atoms with Crippen LogP contribution in [-0.4, -0.2) is 4.98 Å². The summed E-state index contributed by atoms with van der Waals surface area (Å²) < 4.78 is 70.4. The van der Waals surface area contributed by atoms with Crippen molar-refractivity contribution >= 4 is 11.6 Å². The Bertz CT molecular complexity index is 1340. The van der Waals surface area contributed by atoms with Gasteiger partial charge in [0.2, 0.25) is 0 Å². The van der Waals surface area contributed by atoms with E-state index >= 15 is 0 Å². The van der Waals surface area contributed by atoms with Crippen molar-refractivity contribution in [2.45, 2.75) is 31.6 Å². The number of rotatable bonds is 7. The van der Waals surface area contributed by atoms with Crippen molar-refractivity contribution in [3.8, 4) is 0 Å². The molecule has 0 fully saturated rings. The Labute approximate surface area is 210 Å². The quantitative estimate of drug-likeness (QED) is 0.256. The first-order valence-corrected chi connectivity index (χ1v) is 11.5. The molecule has 3 aromatic carbocycles. The highest BCUT2D eigenvalue weighted by molar-refractivity contribution is 6.30. The highest BCUT2D eigenvalue weighted by atomic mass is 35.5. The molecule has 186 valence electrons. The Morgan fingerprint density at radius 1 is 0.861 bits per heavy atom. The first-order valence-electron chi connectivity index (χ1n) is 11.1. The zero-order valence-electron chi connectivity index (χ0n) is 19.2. The highest BCUT2D eigenvalue weighted by Gasteiger charge is 2.39. The van der Waals surface area contributed by atoms with Crippen LogP contribution in [0.1, 0.15) is 33.5 Å². The third kappa shape index (κ3) is 5.74. The predicted molar refractivity (Wildman–Crippen MR) is 130 cm³/mol. The van der Waals surface area contributed by atoms with Gasteiger partial charge >= 0.3 is 6.18 Å². The monoisotopic (exact) mass is 516 g/mol. The van der Waals surface area contributed by atoms with Gasteiger partial charge in [-0.3, -0.25) is 10.3 Å². The third-order valence-electron chi connectivity index (χ3n) is 5.98. The summed E-state index contributed by atoms with van der Waals surface area (Å²) in [5, 5.41) is 3.56. The third-order valence-corrected chi connectivity index (χ3v) is 6.21. The Balaban J connectivity index is 1.93. The van der Waals surface area contributed by atoms with E-state index in [4.69, 9.17) is 11.6 Å². The normalized spacial score (nSPS) is 13.4. The summed E-state index contributed by atoms with van der Waals surface area (Å²) in [6, 6.07) is 19.3. The number of nitrogens with zero attached hydrogens (tertiary/aromatic N) is 1. The van der Waals surface area contributed by atoms with Gasteiger partial charge in [0, 0.05) is 24.7 Å². The van der Waals surface area contributed by atoms with Crippen LogP contribution in [0.2, 0.25) is 5.02 Å². The summed E-state index contributed by atoms with van der Waals surface area (Å²) in [5.74, 6) is -1.51. The van der Waals surface area contributed by atoms with Crippen molar-refractivity contribution in [3.05, 3.63) is 135 Å². The number of aromatic nitrogens is 1. The van der Waals surface area contributed by atoms with Gasteiger partial charge in [-0.15, -0.1) is 0 Å². The maximum absolute atomic E-state index is 14.7. The van der Waals surface area contributed by atoms with Gasteiger partial charge in [0.1, 0.15) is 11.6 Å². The fraction of sp³-hybridized carbons (Fsp3) is 0.179. The van der Waals surface area contributed by atoms with E-state index < -0.39 is 28.9 Å². The summed E-state index contributed by atoms with van der Waals surface area (Å²) in [5.41, 5.74) is -0.490. The average molecular weight is 517 g/mol. The van der Waals surface area contributed by atoms with Gasteiger partial charge < -0.3 is 0 Å². The molecule has 8 heteroatoms. The molecule has 1 unspecified atom stereocenters. The largest absolute Gasteiger partial charge is 0.416 e. The molecule has 0 aliphatic heterocycles. The summed E-state index contributed by atoms with van der Waals surface area (Å²) in [6.45, 7) is 1.70. The van der Waals surface area contributed by atoms with E-state index in [-0.39, 0.29) is 18.5 Å². The number of benzene rings is 3. The molecule has 0 saturated carbocycles. The SMILES string of the molecule is Cc1ccc(CNC(Cc2ccccc2)(c2cc(F)cc(C(F)(F)F)c2)c2ccc(Cl)cn2)c(F)c1. The molecule has 0 spiro atoms. The summed E-state index contributed by atoms with van der Waals surface area (Å²) >= 11 is 6.05. The van der Waals surface area contributed by atoms with Gasteiger partial charge in [-0.25, -0.2) is 8.78 Å². The smallest absolute Gasteiger partial charge is 0.298 e. The second kappa shape index (κ2) is 10.4. The maximum atomic E-state index is 14.7. The molecule has 0 saturated heterocycles. The molecule has 2 nitrogen and oxygen atoms in total. The molecule has 0 amide bonds. The van der Waals surface area contributed by atoms with Crippen LogP contribution in [-0.2, 0) is 24.7 Å². The van der Waals surface area contributed by atoms with Crippen molar-refractivity contribution in [2.24, 2.45) is 0 Å². The number of hydrogen-bond acceptors (Lipinski definition) is 2. The molecular weight excluding hydrogens is 495 g/mol. The Kier molecular flexibility index (Phi) is 7.43. The second-order valence-corrected chi connectivity index (χ2v) is 9.04. The standard InChI is InChI=1S/C28H22ClF5N2/c1-18-7-8-20(25(31)11-18)16-36-27(15-19-5-3-2-4-6-19,26-10-9-23(29)17-35-26)21-12-22(28(32,33)34)14-24(30)13-21/h2-14,17,36H,15-16H2,1H3. The molecule has 1 heterocycles. The molecule has 4 aromatic rings. The lowest BCUT2D eigenvalue weighted by atomic mass is 9.79. The highest BCUT2D eigenvalue weighted by Crippen LogP contribution is 2.38. The number of alkyl halides is 3. The molecule has 0 bridgehead atoms. The number of halogens is 6. The van der Waals surface area contributed by atoms with Gasteiger partial charge in [0.15, 0.2) is 0 Å². The molecule has 0 aliphatic carbocycles. The van der Waals surface area contributed by atoms with Gasteiger partial charge in [-0.05, 0) is 60.0 Å². The molecular formula is C28H22ClF5N2. The molecule has 36 heavy (non-hydrogen) atoms. The zero-order valence-corrected chi connectivity index (χ0v) is 20.0. The number of pyridine rings is 1. The van der Waals surface area contributed by atoms with Crippen LogP contribution in [0.15, 0.2) is 85.1 Å². The van der Waals surface area contributed by atoms with E-state index in [0.717, 1.165) is 23.3 Å². The van der Waals surface area contributed by atoms with E-state index in [2.05, 4.69) is 10.3 Å². The minimum atomic E-state index is -4.77. The lowest BCUT2D eigenvalue weighted by molar-refractivity contribution is -0.137. The summed E-state index contributed by atoms with van der Waals surface area (Å²) in [7, 11) is 0. The maximum Gasteiger partial charge on any atom is 0.416 e. The Morgan fingerprint density at radius 3 is 2.22 bits per heavy atom. The first kappa shape index (κ1) is 25.8. The first-order chi connectivity index (χ1) is 17.1. The molecule has 0 aliphatic rings. The molecule has 1 aromatic heterocycles. The van der Waals surface area contributed by atoms with Crippen LogP contribution in [0.3, 0.4) is 0 Å². The van der Waals surface area contributed by atoms with Crippen LogP contribution < -0.4 is 5.32 Å². The average Bonchev–Trinajstić information content (AvgIpc) is 2.83. The molecule has 0 radical (unpaired) electrons. The van der Waals surface area contributed by atoms with Crippen molar-refractivity contribution in [3.63, 3.8) is 0 Å². The van der Waals surface area contributed by atoms with Crippen molar-refractivity contribution < 1.29 is 22.0 Å². The van der Waals surface area contributed by atoms with E-state index in [1.54, 1.807) is 43.3 Å². The van der Waals surface area contributed by atoms with Gasteiger partial charge in [-0.2, -0.15) is 13.2 Å². The van der Waals surface area contributed by atoms with Gasteiger partial charge in [-0.1, -0.05) is 54.1 Å². The summed E-state index contributed by atoms with van der Waals surface area (Å²) in [4.78, 5) is 4.40. The molecule has 1 atom stereocenters. The Morgan fingerprint density at radius 2 is 1.58 bits per heavy atom. The number of aryl methyl sites for hydroxylation is 1. The molecule has 1 N–H and O–H groups in total. The number of hydrogen-bond donors (Lipinski definition) is 1. The fourth-order valence-corrected chi connectivity index (χ4v) is 4.28. The van der Waals surface area contributed by atoms with Crippen molar-refractivity contribution in [1.29, 1.82) is 0 Å². The Hall–Kier alpha value is -3.29. The van der Waals surface area contributed by atoms with Gasteiger partial charge in [0.05, 0.1) is 21.8 Å². The van der Waals surface area contributed by atoms with E-state index in [1.165, 1.54) is 12.3 Å². The minimum absolute atomic E-state index is 0.000945. The van der Waals surface area contributed by atoms with Crippen LogP contribution >= 0.6 is 11.6 Å². The van der Waals surface area contributed by atoms with Crippen molar-refractivity contribution in [2.75, 3.05) is 0 Å². The fourth-order valence-electron chi connectivity index (χ4n) is 4.17. The number of nitrogens with one attached hydrogen (secondary N) is 1. The van der Waals surface area contributed by atoms with Crippen LogP contribution in [0.25, 0.3) is 0 Å². The van der Waals surface area contributed by atoms with Crippen molar-refractivity contribution in [1.82, 2.24) is 10.3 Å². The van der Waals surface area contributed by atoms with E-state index in [9.17, 15) is 22.0 Å². The van der Waals surface area contributed by atoms with E-state index in [1.807, 2.05) is 18.2 Å². The lowest BCUT2D eigenvalue weighted by Crippen LogP contribution is -2.46. The second-order valence-electron chi connectivity index (χ2n) is 8.60. The van der Waals surface area contributed by atoms with Gasteiger partial charge in [0.25, 0.3) is 0 Å². The minimum Gasteiger partial charge on any atom is -0.298 e. The lowest BCUT2D eigenvalue weighted by Gasteiger charge is -2.36. The van der Waals surface area contributed by atoms with Crippen LogP contribution in [0.4, 0.5) is 22.0 Å². The topological polar surface area (TPSA) is 24.9 Å².